The molecular formula is C25H27N5O4S. The normalized spacial score (nSPS) is 11.7. The summed E-state index contributed by atoms with van der Waals surface area (Å²) < 4.78 is 30.8. The molecule has 2 N–H and O–H groups in total. The van der Waals surface area contributed by atoms with Crippen LogP contribution in [-0.2, 0) is 9.84 Å². The van der Waals surface area contributed by atoms with Crippen LogP contribution < -0.4 is 10.1 Å². The number of aromatic hydroxyl groups is 1. The summed E-state index contributed by atoms with van der Waals surface area (Å²) in [6.45, 7) is 3.06. The number of fused-ring (bicyclic) bond motifs is 1. The van der Waals surface area contributed by atoms with Gasteiger partial charge in [0, 0.05) is 30.6 Å². The standard InChI is InChI=1S/C25H27N5O4S/c1-16-6-5-7-18(25(16)31)19-9-10-20-23(29-19)24(21(15-26-20)35(4,32)33)28-17-8-11-22(27-14-17)34-13-12-30(2)3/h5-11,14-15,31H,12-13H2,1-4H3,(H,26,28). The summed E-state index contributed by atoms with van der Waals surface area (Å²) >= 11 is 0. The average molecular weight is 494 g/mol. The second kappa shape index (κ2) is 9.85. The lowest BCUT2D eigenvalue weighted by Crippen LogP contribution is -2.19. The minimum atomic E-state index is -3.63. The zero-order chi connectivity index (χ0) is 25.2. The van der Waals surface area contributed by atoms with Gasteiger partial charge in [-0.25, -0.2) is 18.4 Å². The topological polar surface area (TPSA) is 118 Å². The molecule has 0 fully saturated rings. The van der Waals surface area contributed by atoms with E-state index in [9.17, 15) is 13.5 Å². The minimum absolute atomic E-state index is 0.00873. The number of benzene rings is 1. The van der Waals surface area contributed by atoms with E-state index in [1.165, 1.54) is 6.20 Å². The van der Waals surface area contributed by atoms with Crippen LogP contribution in [0.2, 0.25) is 0 Å². The number of hydrogen-bond acceptors (Lipinski definition) is 9. The highest BCUT2D eigenvalue weighted by atomic mass is 32.2. The van der Waals surface area contributed by atoms with Gasteiger partial charge in [-0.05, 0) is 50.8 Å². The summed E-state index contributed by atoms with van der Waals surface area (Å²) in [6.07, 6.45) is 4.01. The Morgan fingerprint density at radius 3 is 2.54 bits per heavy atom. The summed E-state index contributed by atoms with van der Waals surface area (Å²) in [5.74, 6) is 0.589. The molecule has 4 aromatic rings. The van der Waals surface area contributed by atoms with Crippen LogP contribution in [0.3, 0.4) is 0 Å². The van der Waals surface area contributed by atoms with E-state index in [-0.39, 0.29) is 16.3 Å². The molecule has 0 aliphatic carbocycles. The highest BCUT2D eigenvalue weighted by Gasteiger charge is 2.20. The molecular weight excluding hydrogens is 466 g/mol. The van der Waals surface area contributed by atoms with Crippen LogP contribution in [0.5, 0.6) is 11.6 Å². The Balaban J connectivity index is 1.76. The number of phenolic OH excluding ortho intramolecular Hbond substituents is 1. The van der Waals surface area contributed by atoms with E-state index in [0.717, 1.165) is 12.8 Å². The Labute approximate surface area is 204 Å². The number of rotatable bonds is 8. The molecule has 9 nitrogen and oxygen atoms in total. The second-order valence-corrected chi connectivity index (χ2v) is 10.5. The van der Waals surface area contributed by atoms with Crippen molar-refractivity contribution in [1.82, 2.24) is 19.9 Å². The summed E-state index contributed by atoms with van der Waals surface area (Å²) in [5, 5.41) is 13.7. The Morgan fingerprint density at radius 1 is 1.06 bits per heavy atom. The van der Waals surface area contributed by atoms with E-state index in [4.69, 9.17) is 9.72 Å². The number of sulfone groups is 1. The van der Waals surface area contributed by atoms with Crippen LogP contribution in [0.25, 0.3) is 22.3 Å². The zero-order valence-electron chi connectivity index (χ0n) is 20.0. The Bertz CT molecular complexity index is 1470. The summed E-state index contributed by atoms with van der Waals surface area (Å²) in [7, 11) is 0.291. The van der Waals surface area contributed by atoms with Gasteiger partial charge in [0.25, 0.3) is 0 Å². The fraction of sp³-hybridized carbons (Fsp3) is 0.240. The van der Waals surface area contributed by atoms with Crippen molar-refractivity contribution in [2.75, 3.05) is 38.8 Å². The Hall–Kier alpha value is -3.76. The number of nitrogens with zero attached hydrogens (tertiary/aromatic N) is 4. The van der Waals surface area contributed by atoms with Gasteiger partial charge in [0.05, 0.1) is 28.8 Å². The lowest BCUT2D eigenvalue weighted by molar-refractivity contribution is 0.254. The molecule has 0 aliphatic heterocycles. The molecule has 0 aliphatic rings. The SMILES string of the molecule is Cc1cccc(-c2ccc3ncc(S(C)(=O)=O)c(Nc4ccc(OCCN(C)C)nc4)c3n2)c1O. The number of para-hydroxylation sites is 1. The van der Waals surface area contributed by atoms with Crippen LogP contribution in [0.1, 0.15) is 5.56 Å². The third-order valence-electron chi connectivity index (χ3n) is 5.39. The molecule has 3 aromatic heterocycles. The van der Waals surface area contributed by atoms with E-state index in [1.54, 1.807) is 49.5 Å². The number of anilines is 2. The maximum atomic E-state index is 12.6. The second-order valence-electron chi connectivity index (χ2n) is 8.47. The number of aryl methyl sites for hydroxylation is 1. The predicted octanol–water partition coefficient (Wildman–Crippen LogP) is 3.79. The molecule has 0 unspecified atom stereocenters. The Morgan fingerprint density at radius 2 is 1.86 bits per heavy atom. The van der Waals surface area contributed by atoms with Crippen molar-refractivity contribution in [3.05, 3.63) is 60.4 Å². The molecule has 3 heterocycles. The zero-order valence-corrected chi connectivity index (χ0v) is 20.8. The van der Waals surface area contributed by atoms with Gasteiger partial charge in [-0.15, -0.1) is 0 Å². The highest BCUT2D eigenvalue weighted by Crippen LogP contribution is 2.35. The largest absolute Gasteiger partial charge is 0.507 e. The molecule has 4 rings (SSSR count). The van der Waals surface area contributed by atoms with Crippen molar-refractivity contribution in [2.45, 2.75) is 11.8 Å². The van der Waals surface area contributed by atoms with E-state index < -0.39 is 9.84 Å². The lowest BCUT2D eigenvalue weighted by Gasteiger charge is -2.15. The molecule has 0 bridgehead atoms. The fourth-order valence-electron chi connectivity index (χ4n) is 3.48. The maximum Gasteiger partial charge on any atom is 0.213 e. The summed E-state index contributed by atoms with van der Waals surface area (Å²) in [6, 6.07) is 12.4. The molecule has 0 saturated carbocycles. The van der Waals surface area contributed by atoms with Gasteiger partial charge in [-0.2, -0.15) is 0 Å². The van der Waals surface area contributed by atoms with Crippen LogP contribution in [-0.4, -0.2) is 66.9 Å². The first kappa shape index (κ1) is 24.4. The average Bonchev–Trinajstić information content (AvgIpc) is 2.81. The van der Waals surface area contributed by atoms with Crippen LogP contribution >= 0.6 is 0 Å². The van der Waals surface area contributed by atoms with Crippen molar-refractivity contribution >= 4 is 32.2 Å². The molecule has 0 atom stereocenters. The Kier molecular flexibility index (Phi) is 6.86. The van der Waals surface area contributed by atoms with Crippen LogP contribution in [0.15, 0.2) is 59.8 Å². The summed E-state index contributed by atoms with van der Waals surface area (Å²) in [4.78, 5) is 15.3. The number of pyridine rings is 3. The molecule has 0 radical (unpaired) electrons. The third-order valence-corrected chi connectivity index (χ3v) is 6.49. The fourth-order valence-corrected chi connectivity index (χ4v) is 4.25. The van der Waals surface area contributed by atoms with E-state index in [0.29, 0.717) is 46.0 Å². The lowest BCUT2D eigenvalue weighted by atomic mass is 10.1. The number of phenols is 1. The number of ether oxygens (including phenoxy) is 1. The smallest absolute Gasteiger partial charge is 0.213 e. The van der Waals surface area contributed by atoms with Crippen molar-refractivity contribution in [2.24, 2.45) is 0 Å². The number of likely N-dealkylation sites (N-methyl/N-ethyl adjacent to an activating group) is 1. The van der Waals surface area contributed by atoms with E-state index in [2.05, 4.69) is 15.3 Å². The molecule has 10 heteroatoms. The first-order valence-electron chi connectivity index (χ1n) is 10.9. The van der Waals surface area contributed by atoms with Crippen molar-refractivity contribution in [3.63, 3.8) is 0 Å². The number of nitrogens with one attached hydrogen (secondary N) is 1. The molecule has 1 aromatic carbocycles. The van der Waals surface area contributed by atoms with E-state index in [1.807, 2.05) is 25.1 Å². The van der Waals surface area contributed by atoms with Gasteiger partial charge in [-0.3, -0.25) is 4.98 Å². The van der Waals surface area contributed by atoms with Gasteiger partial charge < -0.3 is 20.1 Å². The van der Waals surface area contributed by atoms with Crippen molar-refractivity contribution in [3.8, 4) is 22.9 Å². The first-order valence-corrected chi connectivity index (χ1v) is 12.8. The van der Waals surface area contributed by atoms with E-state index >= 15 is 0 Å². The molecule has 0 saturated heterocycles. The van der Waals surface area contributed by atoms with Gasteiger partial charge in [-0.1, -0.05) is 12.1 Å². The van der Waals surface area contributed by atoms with Gasteiger partial charge in [0.15, 0.2) is 9.84 Å². The minimum Gasteiger partial charge on any atom is -0.507 e. The van der Waals surface area contributed by atoms with Crippen molar-refractivity contribution < 1.29 is 18.3 Å². The molecule has 0 amide bonds. The van der Waals surface area contributed by atoms with Gasteiger partial charge >= 0.3 is 0 Å². The monoisotopic (exact) mass is 493 g/mol. The number of aromatic nitrogens is 3. The molecule has 0 spiro atoms. The summed E-state index contributed by atoms with van der Waals surface area (Å²) in [5.41, 5.74) is 3.47. The highest BCUT2D eigenvalue weighted by molar-refractivity contribution is 7.90. The van der Waals surface area contributed by atoms with Crippen LogP contribution in [0.4, 0.5) is 11.4 Å². The molecule has 35 heavy (non-hydrogen) atoms. The van der Waals surface area contributed by atoms with Crippen molar-refractivity contribution in [1.29, 1.82) is 0 Å². The first-order chi connectivity index (χ1) is 16.6. The predicted molar refractivity (Wildman–Crippen MR) is 136 cm³/mol. The molecule has 182 valence electrons. The van der Waals surface area contributed by atoms with Gasteiger partial charge in [0.2, 0.25) is 5.88 Å². The maximum absolute atomic E-state index is 12.6. The quantitative estimate of drug-likeness (QED) is 0.378. The number of hydrogen-bond donors (Lipinski definition) is 2. The third kappa shape index (κ3) is 5.50. The van der Waals surface area contributed by atoms with Gasteiger partial charge in [0.1, 0.15) is 22.8 Å². The van der Waals surface area contributed by atoms with Crippen LogP contribution in [0, 0.1) is 6.92 Å².